The van der Waals surface area contributed by atoms with Crippen molar-refractivity contribution in [2.24, 2.45) is 11.8 Å². The molecule has 2 saturated carbocycles. The third-order valence-electron chi connectivity index (χ3n) is 7.57. The van der Waals surface area contributed by atoms with Crippen molar-refractivity contribution in [1.82, 2.24) is 15.1 Å². The smallest absolute Gasteiger partial charge is 0.258 e. The van der Waals surface area contributed by atoms with Crippen molar-refractivity contribution in [2.45, 2.75) is 44.4 Å². The first-order valence-corrected chi connectivity index (χ1v) is 11.9. The van der Waals surface area contributed by atoms with Crippen molar-refractivity contribution in [3.8, 4) is 17.1 Å². The first-order valence-electron chi connectivity index (χ1n) is 11.9. The van der Waals surface area contributed by atoms with Crippen LogP contribution in [0.1, 0.15) is 48.4 Å². The molecule has 0 spiro atoms. The summed E-state index contributed by atoms with van der Waals surface area (Å²) in [7, 11) is 0. The molecule has 2 bridgehead atoms. The average Bonchev–Trinajstić information content (AvgIpc) is 3.65. The lowest BCUT2D eigenvalue weighted by atomic mass is 9.64. The number of rotatable bonds is 7. The van der Waals surface area contributed by atoms with Crippen molar-refractivity contribution in [2.75, 3.05) is 0 Å². The minimum atomic E-state index is -0.751. The molecule has 6 heteroatoms. The SMILES string of the molecule is FCc1nc(-c2ccc([C@]3(c4ccc(OCc5ccccn5)cc4)C[C@@H]4CC[C@H]3C4)cc2)no1. The number of fused-ring (bicyclic) bond motifs is 2. The number of ether oxygens (including phenoxy) is 1. The Bertz CT molecular complexity index is 1260. The van der Waals surface area contributed by atoms with Gasteiger partial charge in [0.05, 0.1) is 5.69 Å². The second-order valence-corrected chi connectivity index (χ2v) is 9.41. The monoisotopic (exact) mass is 455 g/mol. The van der Waals surface area contributed by atoms with Gasteiger partial charge < -0.3 is 9.26 Å². The molecule has 2 aromatic heterocycles. The van der Waals surface area contributed by atoms with Crippen LogP contribution in [0, 0.1) is 11.8 Å². The molecule has 4 aromatic rings. The topological polar surface area (TPSA) is 61.0 Å². The van der Waals surface area contributed by atoms with Crippen molar-refractivity contribution < 1.29 is 13.7 Å². The summed E-state index contributed by atoms with van der Waals surface area (Å²) in [6, 6.07) is 22.9. The van der Waals surface area contributed by atoms with E-state index in [0.717, 1.165) is 22.9 Å². The second kappa shape index (κ2) is 8.67. The Kier molecular flexibility index (Phi) is 5.36. The third-order valence-corrected chi connectivity index (χ3v) is 7.57. The van der Waals surface area contributed by atoms with Crippen LogP contribution < -0.4 is 4.74 Å². The molecule has 2 aromatic carbocycles. The van der Waals surface area contributed by atoms with Crippen LogP contribution in [0.2, 0.25) is 0 Å². The fourth-order valence-electron chi connectivity index (χ4n) is 6.04. The van der Waals surface area contributed by atoms with Gasteiger partial charge in [0.1, 0.15) is 12.4 Å². The highest BCUT2D eigenvalue weighted by atomic mass is 19.1. The highest BCUT2D eigenvalue weighted by Crippen LogP contribution is 2.60. The highest BCUT2D eigenvalue weighted by Gasteiger charge is 2.52. The summed E-state index contributed by atoms with van der Waals surface area (Å²) in [4.78, 5) is 8.45. The molecule has 2 aliphatic carbocycles. The fraction of sp³-hybridized carbons (Fsp3) is 0.321. The molecule has 0 radical (unpaired) electrons. The van der Waals surface area contributed by atoms with E-state index in [0.29, 0.717) is 18.3 Å². The van der Waals surface area contributed by atoms with E-state index in [1.807, 2.05) is 30.3 Å². The zero-order chi connectivity index (χ0) is 23.0. The number of benzene rings is 2. The van der Waals surface area contributed by atoms with Gasteiger partial charge in [-0.25, -0.2) is 4.39 Å². The Morgan fingerprint density at radius 1 is 0.971 bits per heavy atom. The fourth-order valence-corrected chi connectivity index (χ4v) is 6.04. The molecular weight excluding hydrogens is 429 g/mol. The molecule has 2 fully saturated rings. The first kappa shape index (κ1) is 21.0. The molecule has 3 atom stereocenters. The van der Waals surface area contributed by atoms with Crippen molar-refractivity contribution in [3.63, 3.8) is 0 Å². The zero-order valence-electron chi connectivity index (χ0n) is 18.9. The molecule has 0 N–H and O–H groups in total. The van der Waals surface area contributed by atoms with Crippen LogP contribution in [0.3, 0.4) is 0 Å². The van der Waals surface area contributed by atoms with Gasteiger partial charge in [0.15, 0.2) is 6.67 Å². The van der Waals surface area contributed by atoms with Gasteiger partial charge in [-0.1, -0.05) is 54.0 Å². The second-order valence-electron chi connectivity index (χ2n) is 9.41. The maximum absolute atomic E-state index is 12.8. The zero-order valence-corrected chi connectivity index (χ0v) is 18.9. The normalized spacial score (nSPS) is 23.3. The number of halogens is 1. The van der Waals surface area contributed by atoms with Crippen LogP contribution in [0.15, 0.2) is 77.4 Å². The number of hydrogen-bond acceptors (Lipinski definition) is 5. The highest BCUT2D eigenvalue weighted by molar-refractivity contribution is 5.57. The standard InChI is InChI=1S/C28H26FN3O2/c29-17-26-31-27(32-34-26)20-5-8-21(9-6-20)28(16-19-4-7-23(28)15-19)22-10-12-25(13-11-22)33-18-24-3-1-2-14-30-24/h1-3,5-6,8-14,19,23H,4,7,15-18H2/t19-,23+,28+/m1/s1. The number of nitrogens with zero attached hydrogens (tertiary/aromatic N) is 3. The van der Waals surface area contributed by atoms with E-state index >= 15 is 0 Å². The van der Waals surface area contributed by atoms with Crippen LogP contribution in [0.25, 0.3) is 11.4 Å². The minimum absolute atomic E-state index is 0.00230. The first-order chi connectivity index (χ1) is 16.7. The summed E-state index contributed by atoms with van der Waals surface area (Å²) in [6.45, 7) is -0.295. The largest absolute Gasteiger partial charge is 0.487 e. The molecule has 0 unspecified atom stereocenters. The number of pyridine rings is 1. The van der Waals surface area contributed by atoms with E-state index in [9.17, 15) is 4.39 Å². The molecule has 0 amide bonds. The Labute approximate surface area is 198 Å². The van der Waals surface area contributed by atoms with E-state index in [4.69, 9.17) is 9.26 Å². The van der Waals surface area contributed by atoms with E-state index in [-0.39, 0.29) is 11.3 Å². The lowest BCUT2D eigenvalue weighted by Gasteiger charge is -2.39. The van der Waals surface area contributed by atoms with Gasteiger partial charge in [0.25, 0.3) is 5.89 Å². The van der Waals surface area contributed by atoms with E-state index in [2.05, 4.69) is 51.5 Å². The summed E-state index contributed by atoms with van der Waals surface area (Å²) in [5.74, 6) is 2.69. The van der Waals surface area contributed by atoms with Crippen molar-refractivity contribution in [3.05, 3.63) is 95.6 Å². The molecule has 172 valence electrons. The Morgan fingerprint density at radius 3 is 2.38 bits per heavy atom. The van der Waals surface area contributed by atoms with E-state index in [1.165, 1.54) is 36.8 Å². The van der Waals surface area contributed by atoms with Crippen LogP contribution in [-0.4, -0.2) is 15.1 Å². The predicted molar refractivity (Wildman–Crippen MR) is 126 cm³/mol. The maximum atomic E-state index is 12.8. The lowest BCUT2D eigenvalue weighted by molar-refractivity contribution is 0.299. The van der Waals surface area contributed by atoms with Crippen LogP contribution >= 0.6 is 0 Å². The van der Waals surface area contributed by atoms with Gasteiger partial charge in [-0.2, -0.15) is 4.98 Å². The summed E-state index contributed by atoms with van der Waals surface area (Å²) in [6.07, 6.45) is 6.81. The van der Waals surface area contributed by atoms with Gasteiger partial charge in [0.2, 0.25) is 5.82 Å². The van der Waals surface area contributed by atoms with Crippen LogP contribution in [-0.2, 0) is 18.7 Å². The summed E-state index contributed by atoms with van der Waals surface area (Å²) < 4.78 is 23.7. The van der Waals surface area contributed by atoms with Gasteiger partial charge in [-0.15, -0.1) is 0 Å². The van der Waals surface area contributed by atoms with Gasteiger partial charge in [0, 0.05) is 17.2 Å². The van der Waals surface area contributed by atoms with E-state index in [1.54, 1.807) is 6.20 Å². The molecule has 5 nitrogen and oxygen atoms in total. The number of aromatic nitrogens is 3. The quantitative estimate of drug-likeness (QED) is 0.328. The number of alkyl halides is 1. The molecule has 34 heavy (non-hydrogen) atoms. The van der Waals surface area contributed by atoms with Crippen LogP contribution in [0.5, 0.6) is 5.75 Å². The minimum Gasteiger partial charge on any atom is -0.487 e. The lowest BCUT2D eigenvalue weighted by Crippen LogP contribution is -2.34. The average molecular weight is 456 g/mol. The molecule has 2 aliphatic rings. The summed E-state index contributed by atoms with van der Waals surface area (Å²) in [5.41, 5.74) is 4.42. The Balaban J connectivity index is 1.28. The van der Waals surface area contributed by atoms with E-state index < -0.39 is 6.67 Å². The van der Waals surface area contributed by atoms with Crippen molar-refractivity contribution >= 4 is 0 Å². The Morgan fingerprint density at radius 2 is 1.76 bits per heavy atom. The van der Waals surface area contributed by atoms with Crippen molar-refractivity contribution in [1.29, 1.82) is 0 Å². The van der Waals surface area contributed by atoms with Gasteiger partial charge in [-0.3, -0.25) is 4.98 Å². The van der Waals surface area contributed by atoms with Gasteiger partial charge >= 0.3 is 0 Å². The number of hydrogen-bond donors (Lipinski definition) is 0. The van der Waals surface area contributed by atoms with Gasteiger partial charge in [-0.05, 0) is 66.5 Å². The van der Waals surface area contributed by atoms with Crippen LogP contribution in [0.4, 0.5) is 4.39 Å². The maximum Gasteiger partial charge on any atom is 0.258 e. The third kappa shape index (κ3) is 3.67. The molecule has 2 heterocycles. The molecular formula is C28H26FN3O2. The predicted octanol–water partition coefficient (Wildman–Crippen LogP) is 6.29. The summed E-state index contributed by atoms with van der Waals surface area (Å²) in [5, 5.41) is 3.90. The summed E-state index contributed by atoms with van der Waals surface area (Å²) >= 11 is 0. The molecule has 0 aliphatic heterocycles. The Hall–Kier alpha value is -3.54. The molecule has 6 rings (SSSR count). The molecule has 0 saturated heterocycles.